The maximum atomic E-state index is 3.33. The van der Waals surface area contributed by atoms with Gasteiger partial charge in [-0.15, -0.1) is 0 Å². The molecular formula is C14H17N3. The van der Waals surface area contributed by atoms with Crippen molar-refractivity contribution in [3.63, 3.8) is 0 Å². The number of anilines is 1. The van der Waals surface area contributed by atoms with Gasteiger partial charge < -0.3 is 10.4 Å². The second-order valence-corrected chi connectivity index (χ2v) is 4.50. The highest BCUT2D eigenvalue weighted by Gasteiger charge is 2.03. The fourth-order valence-electron chi connectivity index (χ4n) is 2.24. The van der Waals surface area contributed by atoms with E-state index < -0.39 is 0 Å². The van der Waals surface area contributed by atoms with E-state index >= 15 is 0 Å². The SMILES string of the molecule is C1=C(NNc2cc3ccccc3[nH]2)CCCC1. The Kier molecular flexibility index (Phi) is 2.74. The van der Waals surface area contributed by atoms with Crippen LogP contribution < -0.4 is 10.9 Å². The Morgan fingerprint density at radius 1 is 1.06 bits per heavy atom. The van der Waals surface area contributed by atoms with Crippen molar-refractivity contribution >= 4 is 16.7 Å². The van der Waals surface area contributed by atoms with E-state index in [4.69, 9.17) is 0 Å². The highest BCUT2D eigenvalue weighted by Crippen LogP contribution is 2.19. The lowest BCUT2D eigenvalue weighted by molar-refractivity contribution is 0.664. The summed E-state index contributed by atoms with van der Waals surface area (Å²) in [5.74, 6) is 1.01. The minimum atomic E-state index is 1.01. The van der Waals surface area contributed by atoms with Gasteiger partial charge in [0.25, 0.3) is 0 Å². The normalized spacial score (nSPS) is 15.6. The zero-order chi connectivity index (χ0) is 11.5. The number of aromatic amines is 1. The lowest BCUT2D eigenvalue weighted by Crippen LogP contribution is -2.22. The minimum Gasteiger partial charge on any atom is -0.340 e. The molecule has 0 aliphatic heterocycles. The fraction of sp³-hybridized carbons (Fsp3) is 0.286. The first-order valence-electron chi connectivity index (χ1n) is 6.21. The lowest BCUT2D eigenvalue weighted by atomic mass is 10.1. The molecule has 0 amide bonds. The van der Waals surface area contributed by atoms with Gasteiger partial charge in [0.05, 0.1) is 0 Å². The lowest BCUT2D eigenvalue weighted by Gasteiger charge is -2.15. The van der Waals surface area contributed by atoms with E-state index in [0.29, 0.717) is 0 Å². The molecule has 3 rings (SSSR count). The number of rotatable bonds is 3. The third kappa shape index (κ3) is 2.28. The van der Waals surface area contributed by atoms with Crippen molar-refractivity contribution in [3.8, 4) is 0 Å². The Morgan fingerprint density at radius 2 is 2.00 bits per heavy atom. The molecule has 88 valence electrons. The first-order chi connectivity index (χ1) is 8.42. The average molecular weight is 227 g/mol. The van der Waals surface area contributed by atoms with Gasteiger partial charge in [-0.3, -0.25) is 5.43 Å². The van der Waals surface area contributed by atoms with Crippen LogP contribution in [-0.2, 0) is 0 Å². The molecule has 0 saturated carbocycles. The van der Waals surface area contributed by atoms with E-state index in [2.05, 4.69) is 46.2 Å². The van der Waals surface area contributed by atoms with Gasteiger partial charge in [-0.05, 0) is 37.8 Å². The van der Waals surface area contributed by atoms with E-state index in [1.54, 1.807) is 0 Å². The molecule has 0 spiro atoms. The van der Waals surface area contributed by atoms with Crippen LogP contribution in [0.1, 0.15) is 25.7 Å². The first kappa shape index (κ1) is 10.3. The molecule has 3 heteroatoms. The van der Waals surface area contributed by atoms with Gasteiger partial charge in [0.1, 0.15) is 5.82 Å². The number of nitrogens with one attached hydrogen (secondary N) is 3. The molecule has 0 bridgehead atoms. The van der Waals surface area contributed by atoms with E-state index in [9.17, 15) is 0 Å². The number of hydrogen-bond acceptors (Lipinski definition) is 2. The summed E-state index contributed by atoms with van der Waals surface area (Å²) in [6, 6.07) is 10.4. The Bertz CT molecular complexity index is 506. The van der Waals surface area contributed by atoms with Gasteiger partial charge in [0.2, 0.25) is 0 Å². The van der Waals surface area contributed by atoms with Crippen LogP contribution >= 0.6 is 0 Å². The minimum absolute atomic E-state index is 1.01. The molecule has 17 heavy (non-hydrogen) atoms. The molecule has 3 N–H and O–H groups in total. The first-order valence-corrected chi connectivity index (χ1v) is 6.21. The zero-order valence-electron chi connectivity index (χ0n) is 9.79. The molecule has 0 fully saturated rings. The predicted molar refractivity (Wildman–Crippen MR) is 71.6 cm³/mol. The van der Waals surface area contributed by atoms with Gasteiger partial charge in [-0.2, -0.15) is 0 Å². The fourth-order valence-corrected chi connectivity index (χ4v) is 2.24. The van der Waals surface area contributed by atoms with Crippen LogP contribution in [-0.4, -0.2) is 4.98 Å². The number of hydrazine groups is 1. The summed E-state index contributed by atoms with van der Waals surface area (Å²) in [5, 5.41) is 1.23. The highest BCUT2D eigenvalue weighted by molar-refractivity contribution is 5.83. The van der Waals surface area contributed by atoms with Crippen LogP contribution in [0, 0.1) is 0 Å². The molecule has 0 radical (unpaired) electrons. The molecule has 2 aromatic rings. The van der Waals surface area contributed by atoms with Gasteiger partial charge in [0.15, 0.2) is 0 Å². The number of para-hydroxylation sites is 1. The van der Waals surface area contributed by atoms with Crippen molar-refractivity contribution < 1.29 is 0 Å². The Hall–Kier alpha value is -1.90. The maximum absolute atomic E-state index is 3.33. The van der Waals surface area contributed by atoms with Crippen LogP contribution in [0.3, 0.4) is 0 Å². The van der Waals surface area contributed by atoms with Gasteiger partial charge in [0, 0.05) is 16.6 Å². The largest absolute Gasteiger partial charge is 0.340 e. The monoisotopic (exact) mass is 227 g/mol. The number of allylic oxidation sites excluding steroid dienone is 2. The molecule has 1 aliphatic carbocycles. The molecule has 1 heterocycles. The molecule has 3 nitrogen and oxygen atoms in total. The summed E-state index contributed by atoms with van der Waals surface area (Å²) >= 11 is 0. The Morgan fingerprint density at radius 3 is 2.82 bits per heavy atom. The Balaban J connectivity index is 1.70. The molecule has 1 aromatic carbocycles. The van der Waals surface area contributed by atoms with E-state index in [0.717, 1.165) is 17.8 Å². The molecule has 0 atom stereocenters. The predicted octanol–water partition coefficient (Wildman–Crippen LogP) is 3.54. The summed E-state index contributed by atoms with van der Waals surface area (Å²) in [6.07, 6.45) is 7.22. The molecule has 1 aromatic heterocycles. The number of H-pyrrole nitrogens is 1. The van der Waals surface area contributed by atoms with Crippen LogP contribution in [0.15, 0.2) is 42.1 Å². The van der Waals surface area contributed by atoms with Crippen molar-refractivity contribution in [2.24, 2.45) is 0 Å². The van der Waals surface area contributed by atoms with E-state index in [1.807, 2.05) is 6.07 Å². The number of fused-ring (bicyclic) bond motifs is 1. The van der Waals surface area contributed by atoms with Crippen molar-refractivity contribution in [1.29, 1.82) is 0 Å². The van der Waals surface area contributed by atoms with Crippen LogP contribution in [0.25, 0.3) is 10.9 Å². The highest BCUT2D eigenvalue weighted by atomic mass is 15.4. The maximum Gasteiger partial charge on any atom is 0.123 e. The van der Waals surface area contributed by atoms with E-state index in [-0.39, 0.29) is 0 Å². The number of hydrogen-bond donors (Lipinski definition) is 3. The topological polar surface area (TPSA) is 39.8 Å². The second kappa shape index (κ2) is 4.53. The number of benzene rings is 1. The summed E-state index contributed by atoms with van der Waals surface area (Å²) in [5.41, 5.74) is 8.97. The third-order valence-electron chi connectivity index (χ3n) is 3.18. The summed E-state index contributed by atoms with van der Waals surface area (Å²) in [4.78, 5) is 3.33. The zero-order valence-corrected chi connectivity index (χ0v) is 9.79. The number of aromatic nitrogens is 1. The molecule has 1 aliphatic rings. The van der Waals surface area contributed by atoms with Crippen LogP contribution in [0.2, 0.25) is 0 Å². The van der Waals surface area contributed by atoms with Gasteiger partial charge in [-0.1, -0.05) is 24.3 Å². The Labute approximate surface area is 101 Å². The second-order valence-electron chi connectivity index (χ2n) is 4.50. The molecule has 0 saturated heterocycles. The standard InChI is InChI=1S/C14H17N3/c1-2-7-12(8-3-1)16-17-14-10-11-6-4-5-9-13(11)15-14/h4-7,9-10,15-17H,1-3,8H2. The van der Waals surface area contributed by atoms with Gasteiger partial charge >= 0.3 is 0 Å². The third-order valence-corrected chi connectivity index (χ3v) is 3.18. The summed E-state index contributed by atoms with van der Waals surface area (Å²) in [7, 11) is 0. The van der Waals surface area contributed by atoms with Crippen LogP contribution in [0.4, 0.5) is 5.82 Å². The van der Waals surface area contributed by atoms with Crippen molar-refractivity contribution in [2.75, 3.05) is 5.43 Å². The van der Waals surface area contributed by atoms with Crippen molar-refractivity contribution in [1.82, 2.24) is 10.4 Å². The summed E-state index contributed by atoms with van der Waals surface area (Å²) in [6.45, 7) is 0. The van der Waals surface area contributed by atoms with Crippen molar-refractivity contribution in [3.05, 3.63) is 42.1 Å². The van der Waals surface area contributed by atoms with Crippen LogP contribution in [0.5, 0.6) is 0 Å². The average Bonchev–Trinajstić information content (AvgIpc) is 2.80. The smallest absolute Gasteiger partial charge is 0.123 e. The van der Waals surface area contributed by atoms with Gasteiger partial charge in [-0.25, -0.2) is 0 Å². The summed E-state index contributed by atoms with van der Waals surface area (Å²) < 4.78 is 0. The van der Waals surface area contributed by atoms with Crippen molar-refractivity contribution in [2.45, 2.75) is 25.7 Å². The molecular weight excluding hydrogens is 210 g/mol. The van der Waals surface area contributed by atoms with E-state index in [1.165, 1.54) is 30.3 Å². The quantitative estimate of drug-likeness (QED) is 0.702. The molecule has 0 unspecified atom stereocenters.